The number of H-pyrrole nitrogens is 2. The van der Waals surface area contributed by atoms with E-state index >= 15 is 0 Å². The van der Waals surface area contributed by atoms with Gasteiger partial charge in [0, 0.05) is 47.7 Å². The number of benzene rings is 1. The van der Waals surface area contributed by atoms with Crippen LogP contribution in [0.25, 0.3) is 44.3 Å². The second kappa shape index (κ2) is 6.28. The molecule has 28 heavy (non-hydrogen) atoms. The third kappa shape index (κ3) is 2.59. The number of nitrogens with one attached hydrogen (secondary N) is 2. The van der Waals surface area contributed by atoms with Gasteiger partial charge in [-0.2, -0.15) is 0 Å². The van der Waals surface area contributed by atoms with E-state index in [-0.39, 0.29) is 10.9 Å². The van der Waals surface area contributed by atoms with Gasteiger partial charge in [0.15, 0.2) is 10.9 Å². The maximum Gasteiger partial charge on any atom is 0.190 e. The highest BCUT2D eigenvalue weighted by Gasteiger charge is 2.11. The molecule has 0 aliphatic carbocycles. The van der Waals surface area contributed by atoms with Crippen LogP contribution in [0.5, 0.6) is 0 Å². The molecule has 5 rings (SSSR count). The molecule has 5 aromatic rings. The minimum Gasteiger partial charge on any atom is -0.367 e. The fourth-order valence-electron chi connectivity index (χ4n) is 3.30. The van der Waals surface area contributed by atoms with Crippen LogP contribution in [0.4, 0.5) is 0 Å². The van der Waals surface area contributed by atoms with Gasteiger partial charge in [0.05, 0.1) is 33.5 Å². The molecule has 0 bridgehead atoms. The van der Waals surface area contributed by atoms with Gasteiger partial charge in [0.25, 0.3) is 0 Å². The summed E-state index contributed by atoms with van der Waals surface area (Å²) >= 11 is 0. The lowest BCUT2D eigenvalue weighted by molar-refractivity contribution is 1.27. The van der Waals surface area contributed by atoms with Crippen LogP contribution in [0.15, 0.2) is 82.9 Å². The molecule has 0 saturated heterocycles. The van der Waals surface area contributed by atoms with E-state index < -0.39 is 0 Å². The van der Waals surface area contributed by atoms with Crippen LogP contribution in [0.3, 0.4) is 0 Å². The lowest BCUT2D eigenvalue weighted by Crippen LogP contribution is -2.05. The van der Waals surface area contributed by atoms with Gasteiger partial charge in [0.1, 0.15) is 0 Å². The Hall–Kier alpha value is -4.06. The van der Waals surface area contributed by atoms with E-state index in [4.69, 9.17) is 9.97 Å². The molecule has 134 valence electrons. The number of hydrogen-bond acceptors (Lipinski definition) is 4. The van der Waals surface area contributed by atoms with Crippen molar-refractivity contribution < 1.29 is 0 Å². The average Bonchev–Trinajstić information content (AvgIpc) is 2.74. The van der Waals surface area contributed by atoms with Gasteiger partial charge < -0.3 is 9.97 Å². The summed E-state index contributed by atoms with van der Waals surface area (Å²) in [7, 11) is 0. The molecule has 6 heteroatoms. The van der Waals surface area contributed by atoms with E-state index in [0.29, 0.717) is 33.5 Å². The van der Waals surface area contributed by atoms with Crippen molar-refractivity contribution in [3.8, 4) is 22.5 Å². The highest BCUT2D eigenvalue weighted by Crippen LogP contribution is 2.27. The molecule has 0 amide bonds. The van der Waals surface area contributed by atoms with Crippen molar-refractivity contribution in [3.63, 3.8) is 0 Å². The maximum atomic E-state index is 12.2. The molecule has 0 radical (unpaired) electrons. The van der Waals surface area contributed by atoms with Crippen LogP contribution >= 0.6 is 0 Å². The lowest BCUT2D eigenvalue weighted by Gasteiger charge is -2.07. The largest absolute Gasteiger partial charge is 0.367 e. The van der Waals surface area contributed by atoms with E-state index in [1.165, 1.54) is 12.1 Å². The van der Waals surface area contributed by atoms with Crippen molar-refractivity contribution in [2.45, 2.75) is 0 Å². The van der Waals surface area contributed by atoms with Crippen LogP contribution in [0.2, 0.25) is 0 Å². The quantitative estimate of drug-likeness (QED) is 0.468. The molecule has 6 nitrogen and oxygen atoms in total. The van der Waals surface area contributed by atoms with Crippen molar-refractivity contribution in [2.24, 2.45) is 0 Å². The first-order valence-corrected chi connectivity index (χ1v) is 8.76. The first-order chi connectivity index (χ1) is 13.7. The van der Waals surface area contributed by atoms with E-state index in [1.54, 1.807) is 24.8 Å². The Morgan fingerprint density at radius 3 is 1.43 bits per heavy atom. The summed E-state index contributed by atoms with van der Waals surface area (Å²) in [5, 5.41) is 1.82. The molecule has 0 spiro atoms. The minimum absolute atomic E-state index is 0.102. The smallest absolute Gasteiger partial charge is 0.190 e. The fourth-order valence-corrected chi connectivity index (χ4v) is 3.30. The Labute approximate surface area is 158 Å². The molecule has 0 atom stereocenters. The van der Waals surface area contributed by atoms with Crippen molar-refractivity contribution in [2.75, 3.05) is 0 Å². The molecule has 4 heterocycles. The number of pyridine rings is 4. The second-order valence-electron chi connectivity index (χ2n) is 6.45. The summed E-state index contributed by atoms with van der Waals surface area (Å²) in [5.41, 5.74) is 3.32. The molecular weight excluding hydrogens is 352 g/mol. The number of fused-ring (bicyclic) bond motifs is 3. The van der Waals surface area contributed by atoms with Gasteiger partial charge in [-0.25, -0.2) is 9.97 Å². The van der Waals surface area contributed by atoms with E-state index in [9.17, 15) is 9.59 Å². The SMILES string of the molecule is O=c1cc[nH]cc1-c1ccc2ccc3ccc(-c4c[nH]ccc4=O)nc3c2n1. The molecule has 0 fully saturated rings. The summed E-state index contributed by atoms with van der Waals surface area (Å²) in [6.07, 6.45) is 6.47. The summed E-state index contributed by atoms with van der Waals surface area (Å²) in [6.45, 7) is 0. The minimum atomic E-state index is -0.102. The Bertz CT molecular complexity index is 1350. The van der Waals surface area contributed by atoms with E-state index in [0.717, 1.165) is 10.8 Å². The molecule has 2 N–H and O–H groups in total. The van der Waals surface area contributed by atoms with Gasteiger partial charge in [-0.15, -0.1) is 0 Å². The van der Waals surface area contributed by atoms with Gasteiger partial charge in [0.2, 0.25) is 0 Å². The Balaban J connectivity index is 1.80. The Kier molecular flexibility index (Phi) is 3.62. The predicted octanol–water partition coefficient (Wildman–Crippen LogP) is 3.49. The van der Waals surface area contributed by atoms with E-state index in [2.05, 4.69) is 9.97 Å². The summed E-state index contributed by atoms with van der Waals surface area (Å²) in [5.74, 6) is 0. The third-order valence-corrected chi connectivity index (χ3v) is 4.72. The third-order valence-electron chi connectivity index (χ3n) is 4.72. The van der Waals surface area contributed by atoms with Gasteiger partial charge in [-0.05, 0) is 12.1 Å². The summed E-state index contributed by atoms with van der Waals surface area (Å²) in [6, 6.07) is 14.4. The maximum absolute atomic E-state index is 12.2. The first-order valence-electron chi connectivity index (χ1n) is 8.76. The Morgan fingerprint density at radius 1 is 0.571 bits per heavy atom. The summed E-state index contributed by atoms with van der Waals surface area (Å²) < 4.78 is 0. The predicted molar refractivity (Wildman–Crippen MR) is 109 cm³/mol. The van der Waals surface area contributed by atoms with Gasteiger partial charge in [-0.1, -0.05) is 24.3 Å². The van der Waals surface area contributed by atoms with Crippen molar-refractivity contribution >= 4 is 21.8 Å². The molecule has 4 aromatic heterocycles. The topological polar surface area (TPSA) is 91.5 Å². The second-order valence-corrected chi connectivity index (χ2v) is 6.45. The standard InChI is InChI=1S/C22H14N4O2/c27-19-7-9-23-11-15(19)17-5-3-13-1-2-14-4-6-18(26-22(14)21(13)25-17)16-12-24-10-8-20(16)28/h1-12H,(H,23,27)(H,24,28). The number of hydrogen-bond donors (Lipinski definition) is 2. The van der Waals surface area contributed by atoms with Crippen molar-refractivity contribution in [1.29, 1.82) is 0 Å². The van der Waals surface area contributed by atoms with Crippen molar-refractivity contribution in [3.05, 3.63) is 93.8 Å². The summed E-state index contributed by atoms with van der Waals surface area (Å²) in [4.78, 5) is 39.7. The molecule has 1 aromatic carbocycles. The van der Waals surface area contributed by atoms with Crippen LogP contribution in [0.1, 0.15) is 0 Å². The average molecular weight is 366 g/mol. The normalized spacial score (nSPS) is 11.1. The Morgan fingerprint density at radius 2 is 1.00 bits per heavy atom. The first kappa shape index (κ1) is 16.1. The zero-order chi connectivity index (χ0) is 19.1. The molecule has 0 saturated carbocycles. The zero-order valence-corrected chi connectivity index (χ0v) is 14.6. The van der Waals surface area contributed by atoms with Crippen LogP contribution in [-0.4, -0.2) is 19.9 Å². The number of aromatic nitrogens is 4. The lowest BCUT2D eigenvalue weighted by atomic mass is 10.1. The zero-order valence-electron chi connectivity index (χ0n) is 14.6. The van der Waals surface area contributed by atoms with Crippen LogP contribution in [0, 0.1) is 0 Å². The van der Waals surface area contributed by atoms with Crippen LogP contribution < -0.4 is 10.9 Å². The number of nitrogens with zero attached hydrogens (tertiary/aromatic N) is 2. The van der Waals surface area contributed by atoms with Crippen molar-refractivity contribution in [1.82, 2.24) is 19.9 Å². The number of rotatable bonds is 2. The van der Waals surface area contributed by atoms with Crippen LogP contribution in [-0.2, 0) is 0 Å². The molecular formula is C22H14N4O2. The highest BCUT2D eigenvalue weighted by molar-refractivity contribution is 6.04. The van der Waals surface area contributed by atoms with Gasteiger partial charge in [-0.3, -0.25) is 9.59 Å². The monoisotopic (exact) mass is 366 g/mol. The fraction of sp³-hybridized carbons (Fsp3) is 0. The molecule has 0 aliphatic rings. The molecule has 0 aliphatic heterocycles. The highest BCUT2D eigenvalue weighted by atomic mass is 16.1. The van der Waals surface area contributed by atoms with Gasteiger partial charge >= 0.3 is 0 Å². The van der Waals surface area contributed by atoms with E-state index in [1.807, 2.05) is 36.4 Å². The molecule has 0 unspecified atom stereocenters. The number of aromatic amines is 2.